The number of hydrogen-bond acceptors (Lipinski definition) is 2. The molecule has 0 aliphatic rings. The molecule has 19 heavy (non-hydrogen) atoms. The van der Waals surface area contributed by atoms with Crippen molar-refractivity contribution in [1.29, 1.82) is 0 Å². The second-order valence-electron chi connectivity index (χ2n) is 5.22. The Bertz CT molecular complexity index is 534. The van der Waals surface area contributed by atoms with Crippen LogP contribution in [0.15, 0.2) is 42.5 Å². The van der Waals surface area contributed by atoms with Crippen molar-refractivity contribution in [3.8, 4) is 0 Å². The van der Waals surface area contributed by atoms with Crippen LogP contribution < -0.4 is 0 Å². The Morgan fingerprint density at radius 2 is 1.74 bits per heavy atom. The van der Waals surface area contributed by atoms with Gasteiger partial charge >= 0.3 is 0 Å². The van der Waals surface area contributed by atoms with Crippen LogP contribution in [-0.4, -0.2) is 17.8 Å². The summed E-state index contributed by atoms with van der Waals surface area (Å²) in [5.74, 6) is 0.279. The maximum atomic E-state index is 10.5. The zero-order valence-electron chi connectivity index (χ0n) is 11.8. The second-order valence-corrected chi connectivity index (χ2v) is 5.22. The van der Waals surface area contributed by atoms with Crippen LogP contribution in [0.3, 0.4) is 0 Å². The van der Waals surface area contributed by atoms with E-state index in [2.05, 4.69) is 38.1 Å². The first-order valence-electron chi connectivity index (χ1n) is 6.92. The summed E-state index contributed by atoms with van der Waals surface area (Å²) in [6.45, 7) is 6.73. The summed E-state index contributed by atoms with van der Waals surface area (Å²) < 4.78 is 5.68. The van der Waals surface area contributed by atoms with E-state index >= 15 is 0 Å². The molecule has 102 valence electrons. The van der Waals surface area contributed by atoms with Gasteiger partial charge in [-0.05, 0) is 35.2 Å². The van der Waals surface area contributed by atoms with Crippen molar-refractivity contribution in [2.24, 2.45) is 5.92 Å². The molecule has 0 aliphatic carbocycles. The van der Waals surface area contributed by atoms with Gasteiger partial charge in [0.25, 0.3) is 0 Å². The van der Waals surface area contributed by atoms with Crippen LogP contribution in [0.1, 0.15) is 32.4 Å². The first-order chi connectivity index (χ1) is 9.13. The topological polar surface area (TPSA) is 29.5 Å². The average molecular weight is 258 g/mol. The van der Waals surface area contributed by atoms with Crippen LogP contribution in [0.2, 0.25) is 0 Å². The predicted molar refractivity (Wildman–Crippen MR) is 79.2 cm³/mol. The molecular formula is C17H22O2. The Labute approximate surface area is 115 Å². The summed E-state index contributed by atoms with van der Waals surface area (Å²) in [7, 11) is 0. The van der Waals surface area contributed by atoms with E-state index < -0.39 is 6.10 Å². The molecule has 0 spiro atoms. The molecule has 2 unspecified atom stereocenters. The lowest BCUT2D eigenvalue weighted by atomic mass is 9.94. The van der Waals surface area contributed by atoms with Gasteiger partial charge in [-0.25, -0.2) is 0 Å². The Kier molecular flexibility index (Phi) is 4.56. The van der Waals surface area contributed by atoms with Gasteiger partial charge in [0.05, 0.1) is 6.10 Å². The van der Waals surface area contributed by atoms with Crippen molar-refractivity contribution in [2.45, 2.75) is 33.0 Å². The number of aliphatic hydroxyl groups excluding tert-OH is 1. The van der Waals surface area contributed by atoms with Gasteiger partial charge in [0.2, 0.25) is 0 Å². The number of fused-ring (bicyclic) bond motifs is 1. The van der Waals surface area contributed by atoms with Gasteiger partial charge in [-0.15, -0.1) is 0 Å². The van der Waals surface area contributed by atoms with Crippen LogP contribution in [0.4, 0.5) is 0 Å². The van der Waals surface area contributed by atoms with Gasteiger partial charge < -0.3 is 9.84 Å². The minimum Gasteiger partial charge on any atom is -0.386 e. The van der Waals surface area contributed by atoms with Gasteiger partial charge in [0.1, 0.15) is 6.10 Å². The summed E-state index contributed by atoms with van der Waals surface area (Å²) in [4.78, 5) is 0. The van der Waals surface area contributed by atoms with Crippen molar-refractivity contribution >= 4 is 10.8 Å². The number of rotatable bonds is 5. The molecule has 2 atom stereocenters. The molecule has 2 aromatic carbocycles. The largest absolute Gasteiger partial charge is 0.386 e. The highest BCUT2D eigenvalue weighted by atomic mass is 16.5. The van der Waals surface area contributed by atoms with Crippen molar-refractivity contribution in [3.63, 3.8) is 0 Å². The van der Waals surface area contributed by atoms with Gasteiger partial charge in [-0.3, -0.25) is 0 Å². The average Bonchev–Trinajstić information content (AvgIpc) is 2.43. The number of benzene rings is 2. The molecular weight excluding hydrogens is 236 g/mol. The zero-order valence-corrected chi connectivity index (χ0v) is 11.8. The summed E-state index contributed by atoms with van der Waals surface area (Å²) in [6.07, 6.45) is -0.740. The maximum absolute atomic E-state index is 10.5. The molecule has 0 aliphatic heterocycles. The first kappa shape index (κ1) is 14.0. The van der Waals surface area contributed by atoms with E-state index in [1.807, 2.05) is 25.1 Å². The van der Waals surface area contributed by atoms with E-state index in [9.17, 15) is 5.11 Å². The van der Waals surface area contributed by atoms with Crippen molar-refractivity contribution < 1.29 is 9.84 Å². The third-order valence-corrected chi connectivity index (χ3v) is 3.44. The highest BCUT2D eigenvalue weighted by molar-refractivity contribution is 5.83. The summed E-state index contributed by atoms with van der Waals surface area (Å²) in [6, 6.07) is 14.3. The minimum absolute atomic E-state index is 0.161. The van der Waals surface area contributed by atoms with E-state index in [1.54, 1.807) is 0 Å². The molecule has 0 radical (unpaired) electrons. The van der Waals surface area contributed by atoms with Crippen molar-refractivity contribution in [2.75, 3.05) is 6.61 Å². The quantitative estimate of drug-likeness (QED) is 0.880. The van der Waals surface area contributed by atoms with Crippen LogP contribution in [0.5, 0.6) is 0 Å². The van der Waals surface area contributed by atoms with E-state index in [0.29, 0.717) is 6.61 Å². The fourth-order valence-electron chi connectivity index (χ4n) is 2.42. The van der Waals surface area contributed by atoms with Crippen LogP contribution in [0, 0.1) is 5.92 Å². The zero-order chi connectivity index (χ0) is 13.8. The fourth-order valence-corrected chi connectivity index (χ4v) is 2.42. The number of hydrogen-bond donors (Lipinski definition) is 1. The molecule has 0 fully saturated rings. The normalized spacial score (nSPS) is 14.8. The van der Waals surface area contributed by atoms with Crippen LogP contribution in [-0.2, 0) is 4.74 Å². The summed E-state index contributed by atoms with van der Waals surface area (Å²) >= 11 is 0. The van der Waals surface area contributed by atoms with Gasteiger partial charge in [-0.1, -0.05) is 50.2 Å². The molecule has 0 saturated carbocycles. The minimum atomic E-state index is -0.579. The highest BCUT2D eigenvalue weighted by Gasteiger charge is 2.24. The Morgan fingerprint density at radius 1 is 1.05 bits per heavy atom. The summed E-state index contributed by atoms with van der Waals surface area (Å²) in [5, 5.41) is 12.9. The van der Waals surface area contributed by atoms with E-state index in [0.717, 1.165) is 10.9 Å². The lowest BCUT2D eigenvalue weighted by Crippen LogP contribution is -2.27. The molecule has 0 bridgehead atoms. The fraction of sp³-hybridized carbons (Fsp3) is 0.412. The monoisotopic (exact) mass is 258 g/mol. The SMILES string of the molecule is CCOC(C(C)C)C(O)c1ccc2ccccc2c1. The molecule has 2 rings (SSSR count). The molecule has 0 amide bonds. The molecule has 0 heterocycles. The second kappa shape index (κ2) is 6.18. The van der Waals surface area contributed by atoms with E-state index in [4.69, 9.17) is 4.74 Å². The predicted octanol–water partition coefficient (Wildman–Crippen LogP) is 3.93. The number of ether oxygens (including phenoxy) is 1. The lowest BCUT2D eigenvalue weighted by molar-refractivity contribution is -0.0585. The standard InChI is InChI=1S/C17H22O2/c1-4-19-17(12(2)3)16(18)15-10-9-13-7-5-6-8-14(13)11-15/h5-12,16-18H,4H2,1-3H3. The Balaban J connectivity index is 2.31. The first-order valence-corrected chi connectivity index (χ1v) is 6.92. The molecule has 2 nitrogen and oxygen atoms in total. The third kappa shape index (κ3) is 3.14. The Morgan fingerprint density at radius 3 is 2.37 bits per heavy atom. The lowest BCUT2D eigenvalue weighted by Gasteiger charge is -2.26. The molecule has 2 aromatic rings. The smallest absolute Gasteiger partial charge is 0.105 e. The third-order valence-electron chi connectivity index (χ3n) is 3.44. The van der Waals surface area contributed by atoms with Gasteiger partial charge in [0, 0.05) is 6.61 Å². The van der Waals surface area contributed by atoms with Crippen molar-refractivity contribution in [3.05, 3.63) is 48.0 Å². The Hall–Kier alpha value is -1.38. The van der Waals surface area contributed by atoms with Gasteiger partial charge in [-0.2, -0.15) is 0 Å². The number of aliphatic hydroxyl groups is 1. The van der Waals surface area contributed by atoms with Crippen molar-refractivity contribution in [1.82, 2.24) is 0 Å². The van der Waals surface area contributed by atoms with E-state index in [1.165, 1.54) is 5.39 Å². The van der Waals surface area contributed by atoms with Crippen LogP contribution >= 0.6 is 0 Å². The van der Waals surface area contributed by atoms with E-state index in [-0.39, 0.29) is 12.0 Å². The molecule has 0 saturated heterocycles. The van der Waals surface area contributed by atoms with Crippen LogP contribution in [0.25, 0.3) is 10.8 Å². The highest BCUT2D eigenvalue weighted by Crippen LogP contribution is 2.27. The molecule has 0 aromatic heterocycles. The molecule has 2 heteroatoms. The molecule has 1 N–H and O–H groups in total. The maximum Gasteiger partial charge on any atom is 0.105 e. The summed E-state index contributed by atoms with van der Waals surface area (Å²) in [5.41, 5.74) is 0.922. The van der Waals surface area contributed by atoms with Gasteiger partial charge in [0.15, 0.2) is 0 Å².